The number of benzene rings is 2. The van der Waals surface area contributed by atoms with Crippen molar-refractivity contribution < 1.29 is 18.0 Å². The van der Waals surface area contributed by atoms with Crippen LogP contribution in [0.5, 0.6) is 0 Å². The summed E-state index contributed by atoms with van der Waals surface area (Å²) < 4.78 is 41.2. The molecule has 0 atom stereocenters. The quantitative estimate of drug-likeness (QED) is 0.513. The Morgan fingerprint density at radius 2 is 1.84 bits per heavy atom. The number of nitrogens with one attached hydrogen (secondary N) is 2. The average molecular weight is 465 g/mol. The van der Waals surface area contributed by atoms with Crippen molar-refractivity contribution in [1.29, 1.82) is 0 Å². The number of para-hydroxylation sites is 2. The molecule has 1 aliphatic rings. The summed E-state index contributed by atoms with van der Waals surface area (Å²) in [5.74, 6) is 0.684. The lowest BCUT2D eigenvalue weighted by Gasteiger charge is -2.29. The molecule has 0 spiro atoms. The van der Waals surface area contributed by atoms with Crippen LogP contribution in [-0.4, -0.2) is 28.0 Å². The van der Waals surface area contributed by atoms with Gasteiger partial charge in [0.05, 0.1) is 27.2 Å². The number of imidazole rings is 1. The standard InChI is InChI=1S/C23H24ClF3N4O/c1-31-19-8-3-2-7-18(19)30-22(31)28-13-14-9-11-15(12-10-14)29-21(32)16-5-4-6-17(20(16)24)23(25,26)27/h2-8,14-15H,9-13H2,1H3,(H,28,30)(H,29,32). The van der Waals surface area contributed by atoms with E-state index in [1.165, 1.54) is 12.1 Å². The summed E-state index contributed by atoms with van der Waals surface area (Å²) >= 11 is 5.87. The first-order valence-corrected chi connectivity index (χ1v) is 10.9. The highest BCUT2D eigenvalue weighted by Crippen LogP contribution is 2.36. The first-order valence-electron chi connectivity index (χ1n) is 10.6. The molecule has 1 aromatic heterocycles. The zero-order valence-electron chi connectivity index (χ0n) is 17.5. The summed E-state index contributed by atoms with van der Waals surface area (Å²) in [5.41, 5.74) is 0.863. The highest BCUT2D eigenvalue weighted by molar-refractivity contribution is 6.34. The number of alkyl halides is 3. The molecule has 0 aliphatic heterocycles. The molecule has 170 valence electrons. The minimum absolute atomic E-state index is 0.0832. The maximum Gasteiger partial charge on any atom is 0.417 e. The average Bonchev–Trinajstić information content (AvgIpc) is 3.08. The Labute approximate surface area is 189 Å². The lowest BCUT2D eigenvalue weighted by atomic mass is 9.86. The molecular weight excluding hydrogens is 441 g/mol. The Balaban J connectivity index is 1.30. The molecule has 3 aromatic rings. The number of amides is 1. The van der Waals surface area contributed by atoms with Crippen molar-refractivity contribution in [2.45, 2.75) is 37.9 Å². The molecule has 0 unspecified atom stereocenters. The molecule has 1 aliphatic carbocycles. The number of rotatable bonds is 5. The molecule has 0 radical (unpaired) electrons. The normalized spacial score (nSPS) is 19.2. The maximum atomic E-state index is 13.0. The number of halogens is 4. The van der Waals surface area contributed by atoms with Crippen LogP contribution in [0.25, 0.3) is 11.0 Å². The van der Waals surface area contributed by atoms with E-state index in [0.717, 1.165) is 55.3 Å². The Bertz CT molecular complexity index is 1120. The molecule has 2 aromatic carbocycles. The summed E-state index contributed by atoms with van der Waals surface area (Å²) in [6, 6.07) is 11.3. The fraction of sp³-hybridized carbons (Fsp3) is 0.391. The number of aryl methyl sites for hydroxylation is 1. The fourth-order valence-corrected chi connectivity index (χ4v) is 4.56. The van der Waals surface area contributed by atoms with Crippen molar-refractivity contribution >= 4 is 34.5 Å². The van der Waals surface area contributed by atoms with Crippen molar-refractivity contribution in [2.75, 3.05) is 11.9 Å². The van der Waals surface area contributed by atoms with Gasteiger partial charge in [-0.05, 0) is 55.9 Å². The van der Waals surface area contributed by atoms with Crippen LogP contribution in [0.4, 0.5) is 19.1 Å². The van der Waals surface area contributed by atoms with Crippen molar-refractivity contribution in [3.63, 3.8) is 0 Å². The molecule has 9 heteroatoms. The van der Waals surface area contributed by atoms with E-state index in [2.05, 4.69) is 15.6 Å². The molecule has 0 bridgehead atoms. The molecule has 1 fully saturated rings. The molecule has 5 nitrogen and oxygen atoms in total. The van der Waals surface area contributed by atoms with Gasteiger partial charge in [-0.25, -0.2) is 4.98 Å². The molecule has 1 saturated carbocycles. The minimum Gasteiger partial charge on any atom is -0.355 e. The van der Waals surface area contributed by atoms with Crippen LogP contribution in [0.2, 0.25) is 5.02 Å². The van der Waals surface area contributed by atoms with E-state index >= 15 is 0 Å². The number of hydrogen-bond donors (Lipinski definition) is 2. The van der Waals surface area contributed by atoms with E-state index in [4.69, 9.17) is 11.6 Å². The molecule has 2 N–H and O–H groups in total. The topological polar surface area (TPSA) is 59.0 Å². The van der Waals surface area contributed by atoms with Gasteiger partial charge in [-0.3, -0.25) is 4.79 Å². The van der Waals surface area contributed by atoms with Gasteiger partial charge >= 0.3 is 6.18 Å². The highest BCUT2D eigenvalue weighted by atomic mass is 35.5. The maximum absolute atomic E-state index is 13.0. The zero-order valence-corrected chi connectivity index (χ0v) is 18.3. The van der Waals surface area contributed by atoms with Gasteiger partial charge in [0.15, 0.2) is 0 Å². The third-order valence-electron chi connectivity index (χ3n) is 6.07. The molecule has 0 saturated heterocycles. The smallest absolute Gasteiger partial charge is 0.355 e. The van der Waals surface area contributed by atoms with Gasteiger partial charge in [-0.1, -0.05) is 29.8 Å². The second-order valence-corrected chi connectivity index (χ2v) is 8.60. The molecule has 32 heavy (non-hydrogen) atoms. The Morgan fingerprint density at radius 3 is 2.53 bits per heavy atom. The van der Waals surface area contributed by atoms with Gasteiger partial charge in [0.25, 0.3) is 5.91 Å². The van der Waals surface area contributed by atoms with Crippen LogP contribution in [0, 0.1) is 5.92 Å². The van der Waals surface area contributed by atoms with E-state index in [-0.39, 0.29) is 11.6 Å². The second-order valence-electron chi connectivity index (χ2n) is 8.22. The van der Waals surface area contributed by atoms with Crippen LogP contribution in [0.3, 0.4) is 0 Å². The van der Waals surface area contributed by atoms with Crippen molar-refractivity contribution in [3.8, 4) is 0 Å². The number of aromatic nitrogens is 2. The molecule has 4 rings (SSSR count). The second kappa shape index (κ2) is 9.02. The van der Waals surface area contributed by atoms with E-state index in [9.17, 15) is 18.0 Å². The summed E-state index contributed by atoms with van der Waals surface area (Å²) in [5, 5.41) is 5.71. The summed E-state index contributed by atoms with van der Waals surface area (Å²) in [4.78, 5) is 17.2. The number of carbonyl (C=O) groups is 1. The monoisotopic (exact) mass is 464 g/mol. The van der Waals surface area contributed by atoms with Crippen molar-refractivity contribution in [1.82, 2.24) is 14.9 Å². The number of nitrogens with zero attached hydrogens (tertiary/aromatic N) is 2. The van der Waals surface area contributed by atoms with Crippen LogP contribution < -0.4 is 10.6 Å². The fourth-order valence-electron chi connectivity index (χ4n) is 4.24. The SMILES string of the molecule is Cn1c(NCC2CCC(NC(=O)c3cccc(C(F)(F)F)c3Cl)CC2)nc2ccccc21. The number of carbonyl (C=O) groups excluding carboxylic acids is 1. The Morgan fingerprint density at radius 1 is 1.12 bits per heavy atom. The Hall–Kier alpha value is -2.74. The molecule has 1 heterocycles. The van der Waals surface area contributed by atoms with Gasteiger partial charge < -0.3 is 15.2 Å². The predicted molar refractivity (Wildman–Crippen MR) is 119 cm³/mol. The van der Waals surface area contributed by atoms with Gasteiger partial charge in [-0.2, -0.15) is 13.2 Å². The lowest BCUT2D eigenvalue weighted by molar-refractivity contribution is -0.137. The number of anilines is 1. The van der Waals surface area contributed by atoms with Crippen molar-refractivity contribution in [2.24, 2.45) is 13.0 Å². The predicted octanol–water partition coefficient (Wildman–Crippen LogP) is 5.65. The first kappa shape index (κ1) is 22.5. The van der Waals surface area contributed by atoms with Gasteiger partial charge in [0.1, 0.15) is 0 Å². The number of fused-ring (bicyclic) bond motifs is 1. The van der Waals surface area contributed by atoms with E-state index in [1.807, 2.05) is 35.9 Å². The van der Waals surface area contributed by atoms with Crippen LogP contribution in [-0.2, 0) is 13.2 Å². The van der Waals surface area contributed by atoms with Gasteiger partial charge in [-0.15, -0.1) is 0 Å². The first-order chi connectivity index (χ1) is 15.2. The summed E-state index contributed by atoms with van der Waals surface area (Å²) in [6.07, 6.45) is -1.28. The zero-order chi connectivity index (χ0) is 22.9. The van der Waals surface area contributed by atoms with Crippen LogP contribution in [0.15, 0.2) is 42.5 Å². The largest absolute Gasteiger partial charge is 0.417 e. The van der Waals surface area contributed by atoms with Crippen LogP contribution >= 0.6 is 11.6 Å². The van der Waals surface area contributed by atoms with E-state index in [1.54, 1.807) is 0 Å². The highest BCUT2D eigenvalue weighted by Gasteiger charge is 2.35. The number of hydrogen-bond acceptors (Lipinski definition) is 3. The summed E-state index contributed by atoms with van der Waals surface area (Å²) in [7, 11) is 1.98. The molecular formula is C23H24ClF3N4O. The van der Waals surface area contributed by atoms with E-state index in [0.29, 0.717) is 5.92 Å². The molecule has 1 amide bonds. The van der Waals surface area contributed by atoms with Gasteiger partial charge in [0.2, 0.25) is 5.95 Å². The third-order valence-corrected chi connectivity index (χ3v) is 6.47. The summed E-state index contributed by atoms with van der Waals surface area (Å²) in [6.45, 7) is 0.775. The van der Waals surface area contributed by atoms with Crippen molar-refractivity contribution in [3.05, 3.63) is 58.6 Å². The van der Waals surface area contributed by atoms with Crippen LogP contribution in [0.1, 0.15) is 41.6 Å². The lowest BCUT2D eigenvalue weighted by Crippen LogP contribution is -2.38. The van der Waals surface area contributed by atoms with E-state index < -0.39 is 22.7 Å². The minimum atomic E-state index is -4.60. The van der Waals surface area contributed by atoms with Gasteiger partial charge in [0, 0.05) is 19.6 Å². The Kier molecular flexibility index (Phi) is 6.33. The third kappa shape index (κ3) is 4.70.